The lowest BCUT2D eigenvalue weighted by atomic mass is 10.2. The summed E-state index contributed by atoms with van der Waals surface area (Å²) >= 11 is 0. The normalized spacial score (nSPS) is 12.1. The topological polar surface area (TPSA) is 35.0 Å². The maximum Gasteiger partial charge on any atom is 0.416 e. The summed E-state index contributed by atoms with van der Waals surface area (Å²) in [5.41, 5.74) is -0.939. The number of hydrogen-bond donors (Lipinski definition) is 0. The van der Waals surface area contributed by atoms with E-state index < -0.39 is 24.2 Å². The van der Waals surface area contributed by atoms with Gasteiger partial charge in [-0.05, 0) is 18.2 Å². The Morgan fingerprint density at radius 3 is 2.44 bits per heavy atom. The van der Waals surface area contributed by atoms with Gasteiger partial charge < -0.3 is 4.74 Å². The van der Waals surface area contributed by atoms with E-state index in [0.29, 0.717) is 0 Å². The molecule has 2 rings (SSSR count). The van der Waals surface area contributed by atoms with Gasteiger partial charge in [0.1, 0.15) is 0 Å². The molecule has 96 valence electrons. The third-order valence-electron chi connectivity index (χ3n) is 2.06. The second-order valence-electron chi connectivity index (χ2n) is 3.29. The minimum Gasteiger partial charge on any atom is -0.415 e. The molecule has 8 heteroatoms. The largest absolute Gasteiger partial charge is 0.416 e. The summed E-state index contributed by atoms with van der Waals surface area (Å²) in [6, 6.07) is 2.67. The van der Waals surface area contributed by atoms with Gasteiger partial charge >= 0.3 is 12.8 Å². The molecule has 0 spiro atoms. The molecule has 0 bridgehead atoms. The van der Waals surface area contributed by atoms with Gasteiger partial charge in [-0.2, -0.15) is 22.0 Å². The van der Waals surface area contributed by atoms with E-state index in [0.717, 1.165) is 24.4 Å². The number of nitrogens with zero attached hydrogens (tertiary/aromatic N) is 2. The number of ether oxygens (including phenoxy) is 1. The fourth-order valence-electron chi connectivity index (χ4n) is 1.32. The van der Waals surface area contributed by atoms with Crippen molar-refractivity contribution >= 4 is 11.0 Å². The second kappa shape index (κ2) is 4.35. The van der Waals surface area contributed by atoms with Gasteiger partial charge in [0.05, 0.1) is 22.8 Å². The van der Waals surface area contributed by atoms with Crippen LogP contribution in [0.4, 0.5) is 22.0 Å². The third-order valence-corrected chi connectivity index (χ3v) is 2.06. The Bertz CT molecular complexity index is 570. The zero-order valence-corrected chi connectivity index (χ0v) is 8.58. The number of aromatic nitrogens is 2. The van der Waals surface area contributed by atoms with Crippen LogP contribution in [0, 0.1) is 0 Å². The average molecular weight is 264 g/mol. The molecule has 0 aliphatic carbocycles. The number of benzene rings is 1. The summed E-state index contributed by atoms with van der Waals surface area (Å²) in [5, 5.41) is 0. The van der Waals surface area contributed by atoms with Crippen LogP contribution in [0.5, 0.6) is 5.88 Å². The van der Waals surface area contributed by atoms with Gasteiger partial charge in [0.2, 0.25) is 5.88 Å². The van der Waals surface area contributed by atoms with Gasteiger partial charge in [0.25, 0.3) is 0 Å². The SMILES string of the molecule is FC(F)Oc1cnc2ccc(C(F)(F)F)cc2n1. The van der Waals surface area contributed by atoms with E-state index in [1.54, 1.807) is 0 Å². The number of fused-ring (bicyclic) bond motifs is 1. The predicted molar refractivity (Wildman–Crippen MR) is 51.2 cm³/mol. The summed E-state index contributed by atoms with van der Waals surface area (Å²) in [4.78, 5) is 7.19. The molecule has 0 unspecified atom stereocenters. The van der Waals surface area contributed by atoms with Crippen LogP contribution < -0.4 is 4.74 Å². The van der Waals surface area contributed by atoms with Crippen LogP contribution in [-0.2, 0) is 6.18 Å². The first-order valence-electron chi connectivity index (χ1n) is 4.65. The quantitative estimate of drug-likeness (QED) is 0.781. The van der Waals surface area contributed by atoms with E-state index >= 15 is 0 Å². The molecule has 0 fully saturated rings. The van der Waals surface area contributed by atoms with Crippen LogP contribution in [0.25, 0.3) is 11.0 Å². The van der Waals surface area contributed by atoms with Gasteiger partial charge in [0, 0.05) is 0 Å². The summed E-state index contributed by atoms with van der Waals surface area (Å²) in [6.07, 6.45) is -3.61. The van der Waals surface area contributed by atoms with Gasteiger partial charge in [0.15, 0.2) is 0 Å². The molecule has 3 nitrogen and oxygen atoms in total. The molecule has 0 amide bonds. The van der Waals surface area contributed by atoms with Crippen LogP contribution in [0.3, 0.4) is 0 Å². The highest BCUT2D eigenvalue weighted by Gasteiger charge is 2.30. The Morgan fingerprint density at radius 2 is 1.83 bits per heavy atom. The third kappa shape index (κ3) is 2.63. The Morgan fingerprint density at radius 1 is 1.11 bits per heavy atom. The standard InChI is InChI=1S/C10H5F5N2O/c11-9(12)18-8-4-16-6-2-1-5(10(13,14)15)3-7(6)17-8/h1-4,9H. The molecule has 1 aromatic carbocycles. The molecule has 1 aromatic heterocycles. The van der Waals surface area contributed by atoms with Crippen molar-refractivity contribution in [2.45, 2.75) is 12.8 Å². The Balaban J connectivity index is 2.46. The summed E-state index contributed by atoms with van der Waals surface area (Å²) < 4.78 is 65.1. The van der Waals surface area contributed by atoms with E-state index in [1.165, 1.54) is 0 Å². The highest BCUT2D eigenvalue weighted by Crippen LogP contribution is 2.30. The second-order valence-corrected chi connectivity index (χ2v) is 3.29. The van der Waals surface area contributed by atoms with Crippen LogP contribution >= 0.6 is 0 Å². The first-order valence-corrected chi connectivity index (χ1v) is 4.65. The Kier molecular flexibility index (Phi) is 3.02. The smallest absolute Gasteiger partial charge is 0.415 e. The minimum absolute atomic E-state index is 0.157. The molecule has 0 atom stereocenters. The van der Waals surface area contributed by atoms with Crippen molar-refractivity contribution in [1.29, 1.82) is 0 Å². The molecule has 0 N–H and O–H groups in total. The van der Waals surface area contributed by atoms with Crippen molar-refractivity contribution in [3.05, 3.63) is 30.0 Å². The molecule has 0 aliphatic heterocycles. The Labute approximate surface area is 97.2 Å². The fraction of sp³-hybridized carbons (Fsp3) is 0.200. The van der Waals surface area contributed by atoms with E-state index in [9.17, 15) is 22.0 Å². The van der Waals surface area contributed by atoms with E-state index in [4.69, 9.17) is 0 Å². The van der Waals surface area contributed by atoms with Crippen LogP contribution in [0.15, 0.2) is 24.4 Å². The average Bonchev–Trinajstić information content (AvgIpc) is 2.26. The lowest BCUT2D eigenvalue weighted by Crippen LogP contribution is -2.06. The van der Waals surface area contributed by atoms with Gasteiger partial charge in [-0.3, -0.25) is 0 Å². The molecular formula is C10H5F5N2O. The summed E-state index contributed by atoms with van der Waals surface area (Å²) in [5.74, 6) is -0.531. The molecular weight excluding hydrogens is 259 g/mol. The van der Waals surface area contributed by atoms with Crippen molar-refractivity contribution in [3.8, 4) is 5.88 Å². The number of hydrogen-bond acceptors (Lipinski definition) is 3. The van der Waals surface area contributed by atoms with Gasteiger partial charge in [-0.25, -0.2) is 9.97 Å². The van der Waals surface area contributed by atoms with Crippen molar-refractivity contribution in [2.75, 3.05) is 0 Å². The van der Waals surface area contributed by atoms with Crippen molar-refractivity contribution < 1.29 is 26.7 Å². The van der Waals surface area contributed by atoms with Crippen molar-refractivity contribution in [2.24, 2.45) is 0 Å². The molecule has 18 heavy (non-hydrogen) atoms. The molecule has 0 saturated carbocycles. The number of halogens is 5. The zero-order valence-electron chi connectivity index (χ0n) is 8.58. The number of alkyl halides is 5. The highest BCUT2D eigenvalue weighted by molar-refractivity contribution is 5.75. The zero-order chi connectivity index (χ0) is 13.3. The Hall–Kier alpha value is -1.99. The molecule has 0 aliphatic rings. The molecule has 0 radical (unpaired) electrons. The first kappa shape index (κ1) is 12.5. The predicted octanol–water partition coefficient (Wildman–Crippen LogP) is 3.25. The summed E-state index contributed by atoms with van der Waals surface area (Å²) in [7, 11) is 0. The monoisotopic (exact) mass is 264 g/mol. The van der Waals surface area contributed by atoms with Crippen LogP contribution in [0.1, 0.15) is 5.56 Å². The van der Waals surface area contributed by atoms with Crippen LogP contribution in [0.2, 0.25) is 0 Å². The van der Waals surface area contributed by atoms with Crippen molar-refractivity contribution in [1.82, 2.24) is 9.97 Å². The van der Waals surface area contributed by atoms with Crippen LogP contribution in [-0.4, -0.2) is 16.6 Å². The van der Waals surface area contributed by atoms with Crippen molar-refractivity contribution in [3.63, 3.8) is 0 Å². The van der Waals surface area contributed by atoms with E-state index in [-0.39, 0.29) is 11.0 Å². The molecule has 0 saturated heterocycles. The van der Waals surface area contributed by atoms with Gasteiger partial charge in [-0.15, -0.1) is 0 Å². The maximum atomic E-state index is 12.4. The first-order chi connectivity index (χ1) is 8.36. The minimum atomic E-state index is -4.53. The number of rotatable bonds is 2. The molecule has 2 aromatic rings. The molecule has 1 heterocycles. The fourth-order valence-corrected chi connectivity index (χ4v) is 1.32. The maximum absolute atomic E-state index is 12.4. The lowest BCUT2D eigenvalue weighted by molar-refractivity contribution is -0.137. The lowest BCUT2D eigenvalue weighted by Gasteiger charge is -2.08. The van der Waals surface area contributed by atoms with Gasteiger partial charge in [-0.1, -0.05) is 0 Å². The van der Waals surface area contributed by atoms with E-state index in [2.05, 4.69) is 14.7 Å². The van der Waals surface area contributed by atoms with E-state index in [1.807, 2.05) is 0 Å². The summed E-state index contributed by atoms with van der Waals surface area (Å²) in [6.45, 7) is -3.11. The highest BCUT2D eigenvalue weighted by atomic mass is 19.4.